The number of hydrogen-bond acceptors (Lipinski definition) is 3. The molecule has 0 aromatic heterocycles. The van der Waals surface area contributed by atoms with Crippen LogP contribution >= 0.6 is 0 Å². The molecule has 2 N–H and O–H groups in total. The molecule has 0 saturated heterocycles. The molecule has 0 heterocycles. The number of hydrogen-bond donors (Lipinski definition) is 2. The van der Waals surface area contributed by atoms with Crippen LogP contribution < -0.4 is 31.4 Å². The normalized spacial score (nSPS) is 9.50. The van der Waals surface area contributed by atoms with Crippen molar-refractivity contribution < 1.29 is 26.0 Å². The molecule has 1 amide bonds. The van der Waals surface area contributed by atoms with Gasteiger partial charge in [0.2, 0.25) is 0 Å². The predicted molar refractivity (Wildman–Crippen MR) is 49.9 cm³/mol. The van der Waals surface area contributed by atoms with Crippen LogP contribution in [-0.2, 0) is 0 Å². The first-order valence-corrected chi connectivity index (χ1v) is 7.85. The molecule has 0 radical (unpaired) electrons. The van der Waals surface area contributed by atoms with Crippen LogP contribution in [0, 0.1) is 5.53 Å². The minimum absolute atomic E-state index is 0.229. The van der Waals surface area contributed by atoms with Gasteiger partial charge in [0.15, 0.2) is 0 Å². The Balaban J connectivity index is 3.06. The molecule has 0 aromatic rings. The zero-order chi connectivity index (χ0) is 10.6. The van der Waals surface area contributed by atoms with Gasteiger partial charge in [0.05, 0.1) is 0 Å². The summed E-state index contributed by atoms with van der Waals surface area (Å²) in [7, 11) is 0. The van der Waals surface area contributed by atoms with E-state index in [1.54, 1.807) is 0 Å². The molecule has 0 aliphatic rings. The number of unbranched alkanes of at least 4 members (excludes halogenated alkanes) is 3. The Hall–Kier alpha value is -0.490. The van der Waals surface area contributed by atoms with E-state index in [-0.39, 0.29) is 25.1 Å². The molecular weight excluding hydrogens is 295 g/mol. The van der Waals surface area contributed by atoms with E-state index < -0.39 is 0 Å². The quantitative estimate of drug-likeness (QED) is 0.107. The molecule has 82 valence electrons. The summed E-state index contributed by atoms with van der Waals surface area (Å²) in [5.74, 6) is 0. The first-order valence-electron chi connectivity index (χ1n) is 4.61. The first-order chi connectivity index (χ1) is 6.81. The van der Waals surface area contributed by atoms with Crippen LogP contribution in [0.3, 0.4) is 0 Å². The van der Waals surface area contributed by atoms with Crippen LogP contribution in [0.1, 0.15) is 25.7 Å². The maximum absolute atomic E-state index is 10.9. The Labute approximate surface area is 94.5 Å². The Morgan fingerprint density at radius 3 is 2.79 bits per heavy atom. The van der Waals surface area contributed by atoms with Gasteiger partial charge in [-0.2, -0.15) is 0 Å². The summed E-state index contributed by atoms with van der Waals surface area (Å²) >= 11 is -0.288. The second-order valence-electron chi connectivity index (χ2n) is 2.77. The van der Waals surface area contributed by atoms with Crippen molar-refractivity contribution in [1.82, 2.24) is 10.2 Å². The molecule has 0 aliphatic heterocycles. The maximum atomic E-state index is 10.9. The van der Waals surface area contributed by atoms with Crippen molar-refractivity contribution in [2.75, 3.05) is 18.0 Å². The molecule has 0 unspecified atom stereocenters. The van der Waals surface area contributed by atoms with Gasteiger partial charge in [0.25, 0.3) is 0 Å². The molecule has 0 rings (SSSR count). The van der Waals surface area contributed by atoms with Gasteiger partial charge in [0.1, 0.15) is 0 Å². The second-order valence-corrected chi connectivity index (χ2v) is 4.83. The molecule has 0 aliphatic carbocycles. The SMILES string of the molecule is C[I-]C(=O)NCCCCCCN=[N+]=N. The number of alkyl halides is 1. The molecule has 0 atom stereocenters. The number of carbonyl (C=O) groups excluding carboxylic acids is 1. The van der Waals surface area contributed by atoms with Gasteiger partial charge in [-0.15, -0.1) is 0 Å². The number of nitrogens with one attached hydrogen (secondary N) is 2. The van der Waals surface area contributed by atoms with Gasteiger partial charge in [-0.05, 0) is 0 Å². The van der Waals surface area contributed by atoms with E-state index in [9.17, 15) is 4.79 Å². The van der Waals surface area contributed by atoms with Crippen LogP contribution in [0.5, 0.6) is 0 Å². The number of rotatable bonds is 8. The van der Waals surface area contributed by atoms with Crippen molar-refractivity contribution in [1.29, 1.82) is 5.53 Å². The van der Waals surface area contributed by atoms with E-state index in [1.807, 2.05) is 4.93 Å². The van der Waals surface area contributed by atoms with Gasteiger partial charge in [-0.1, -0.05) is 0 Å². The van der Waals surface area contributed by atoms with Crippen molar-refractivity contribution >= 4 is 3.91 Å². The summed E-state index contributed by atoms with van der Waals surface area (Å²) in [6.45, 7) is 1.45. The van der Waals surface area contributed by atoms with Crippen molar-refractivity contribution in [3.63, 3.8) is 0 Å². The average molecular weight is 312 g/mol. The average Bonchev–Trinajstić information content (AvgIpc) is 2.21. The van der Waals surface area contributed by atoms with E-state index in [1.165, 1.54) is 0 Å². The topological polar surface area (TPSA) is 79.4 Å². The fourth-order valence-electron chi connectivity index (χ4n) is 0.965. The van der Waals surface area contributed by atoms with Crippen molar-refractivity contribution in [2.45, 2.75) is 25.7 Å². The summed E-state index contributed by atoms with van der Waals surface area (Å²) < 4.78 is 0.229. The Morgan fingerprint density at radius 1 is 1.43 bits per heavy atom. The van der Waals surface area contributed by atoms with Crippen molar-refractivity contribution in [3.05, 3.63) is 0 Å². The Bertz CT molecular complexity index is 204. The van der Waals surface area contributed by atoms with Crippen LogP contribution in [0.15, 0.2) is 5.11 Å². The third kappa shape index (κ3) is 9.60. The van der Waals surface area contributed by atoms with Crippen LogP contribution in [-0.4, -0.2) is 21.9 Å². The Morgan fingerprint density at radius 2 is 2.14 bits per heavy atom. The second kappa shape index (κ2) is 10.6. The molecule has 6 heteroatoms. The summed E-state index contributed by atoms with van der Waals surface area (Å²) in [5, 5.41) is 6.43. The van der Waals surface area contributed by atoms with Gasteiger partial charge < -0.3 is 0 Å². The molecular formula is C8H17IN4O. The summed E-state index contributed by atoms with van der Waals surface area (Å²) in [5.41, 5.74) is 6.43. The monoisotopic (exact) mass is 312 g/mol. The standard InChI is InChI=1S/C8H17IN4O/c1-9-8(14)11-6-4-2-3-5-7-12-13-10/h10H,2-7H2,1H3,(H,11,14). The number of amides is 1. The summed E-state index contributed by atoms with van der Waals surface area (Å²) in [6.07, 6.45) is 4.22. The van der Waals surface area contributed by atoms with Crippen LogP contribution in [0.2, 0.25) is 0 Å². The zero-order valence-corrected chi connectivity index (χ0v) is 10.6. The van der Waals surface area contributed by atoms with E-state index >= 15 is 0 Å². The third-order valence-corrected chi connectivity index (χ3v) is 3.05. The molecule has 5 nitrogen and oxygen atoms in total. The van der Waals surface area contributed by atoms with Crippen LogP contribution in [0.4, 0.5) is 4.79 Å². The van der Waals surface area contributed by atoms with E-state index in [0.29, 0.717) is 6.54 Å². The minimum atomic E-state index is -0.288. The number of nitrogens with zero attached hydrogens (tertiary/aromatic N) is 2. The van der Waals surface area contributed by atoms with Gasteiger partial charge in [-0.25, -0.2) is 0 Å². The van der Waals surface area contributed by atoms with Crippen molar-refractivity contribution in [2.24, 2.45) is 5.11 Å². The predicted octanol–water partition coefficient (Wildman–Crippen LogP) is -1.47. The van der Waals surface area contributed by atoms with E-state index in [2.05, 4.69) is 15.3 Å². The van der Waals surface area contributed by atoms with E-state index in [0.717, 1.165) is 32.2 Å². The fourth-order valence-corrected chi connectivity index (χ4v) is 1.62. The molecule has 0 bridgehead atoms. The van der Waals surface area contributed by atoms with Gasteiger partial charge in [0, 0.05) is 0 Å². The summed E-state index contributed by atoms with van der Waals surface area (Å²) in [4.78, 5) is 15.8. The zero-order valence-electron chi connectivity index (χ0n) is 8.42. The Kier molecular flexibility index (Phi) is 10.2. The molecule has 0 aromatic carbocycles. The van der Waals surface area contributed by atoms with E-state index in [4.69, 9.17) is 5.53 Å². The third-order valence-electron chi connectivity index (χ3n) is 1.69. The van der Waals surface area contributed by atoms with Gasteiger partial charge in [-0.3, -0.25) is 0 Å². The van der Waals surface area contributed by atoms with Crippen molar-refractivity contribution in [3.8, 4) is 0 Å². The molecule has 14 heavy (non-hydrogen) atoms. The molecule has 0 fully saturated rings. The first kappa shape index (κ1) is 13.5. The van der Waals surface area contributed by atoms with Crippen LogP contribution in [0.25, 0.3) is 0 Å². The molecule has 0 saturated carbocycles. The van der Waals surface area contributed by atoms with Gasteiger partial charge >= 0.3 is 94.5 Å². The number of halogens is 1. The fraction of sp³-hybridized carbons (Fsp3) is 0.875. The summed E-state index contributed by atoms with van der Waals surface area (Å²) in [6, 6.07) is 0. The number of carbonyl (C=O) groups is 1. The molecule has 0 spiro atoms.